The van der Waals surface area contributed by atoms with E-state index in [1.807, 2.05) is 4.90 Å². The van der Waals surface area contributed by atoms with Gasteiger partial charge in [-0.25, -0.2) is 13.2 Å². The van der Waals surface area contributed by atoms with Crippen LogP contribution >= 0.6 is 0 Å². The first kappa shape index (κ1) is 19.8. The van der Waals surface area contributed by atoms with Crippen LogP contribution in [0.2, 0.25) is 0 Å². The number of likely N-dealkylation sites (tertiary alicyclic amines) is 1. The van der Waals surface area contributed by atoms with Crippen LogP contribution in [-0.2, 0) is 14.8 Å². The van der Waals surface area contributed by atoms with Crippen molar-refractivity contribution in [3.63, 3.8) is 0 Å². The minimum atomic E-state index is -3.89. The summed E-state index contributed by atoms with van der Waals surface area (Å²) in [5.74, 6) is -0.782. The molecule has 0 radical (unpaired) electrons. The van der Waals surface area contributed by atoms with Crippen molar-refractivity contribution in [1.82, 2.24) is 9.21 Å². The summed E-state index contributed by atoms with van der Waals surface area (Å²) >= 11 is 0. The number of benzene rings is 1. The van der Waals surface area contributed by atoms with E-state index in [1.165, 1.54) is 28.6 Å². The highest BCUT2D eigenvalue weighted by atomic mass is 32.2. The molecule has 1 aromatic rings. The van der Waals surface area contributed by atoms with E-state index in [1.54, 1.807) is 0 Å². The molecule has 2 aliphatic rings. The molecule has 2 saturated heterocycles. The molecule has 3 rings (SSSR count). The molecule has 1 N–H and O–H groups in total. The van der Waals surface area contributed by atoms with Crippen molar-refractivity contribution in [3.8, 4) is 0 Å². The molecule has 2 fully saturated rings. The van der Waals surface area contributed by atoms with Crippen LogP contribution in [0.3, 0.4) is 0 Å². The number of sulfonamides is 1. The quantitative estimate of drug-likeness (QED) is 0.843. The second-order valence-corrected chi connectivity index (χ2v) is 9.42. The zero-order valence-corrected chi connectivity index (χ0v) is 16.3. The fourth-order valence-corrected chi connectivity index (χ4v) is 5.65. The predicted octanol–water partition coefficient (Wildman–Crippen LogP) is 2.04. The van der Waals surface area contributed by atoms with E-state index in [9.17, 15) is 23.1 Å². The van der Waals surface area contributed by atoms with Crippen molar-refractivity contribution in [2.75, 3.05) is 26.2 Å². The Bertz CT molecular complexity index is 815. The summed E-state index contributed by atoms with van der Waals surface area (Å²) in [5.41, 5.74) is -0.224. The maximum absolute atomic E-state index is 12.9. The van der Waals surface area contributed by atoms with Crippen LogP contribution in [-0.4, -0.2) is 60.8 Å². The van der Waals surface area contributed by atoms with Gasteiger partial charge in [0.15, 0.2) is 0 Å². The zero-order valence-electron chi connectivity index (χ0n) is 15.5. The fraction of sp³-hybridized carbons (Fsp3) is 0.579. The van der Waals surface area contributed by atoms with Crippen molar-refractivity contribution < 1.29 is 23.1 Å². The van der Waals surface area contributed by atoms with Gasteiger partial charge in [-0.15, -0.1) is 0 Å². The third-order valence-electron chi connectivity index (χ3n) is 5.51. The monoisotopic (exact) mass is 394 g/mol. The summed E-state index contributed by atoms with van der Waals surface area (Å²) in [5, 5.41) is 9.27. The number of aromatic carboxylic acids is 1. The van der Waals surface area contributed by atoms with E-state index >= 15 is 0 Å². The smallest absolute Gasteiger partial charge is 0.337 e. The summed E-state index contributed by atoms with van der Waals surface area (Å²) in [6.45, 7) is 4.18. The molecule has 1 unspecified atom stereocenters. The van der Waals surface area contributed by atoms with Crippen LogP contribution in [0.5, 0.6) is 0 Å². The SMILES string of the molecule is CC1CCCN(C(=O)C2CCN(S(=O)(=O)c3ccccc3C(=O)O)CC2)C1. The van der Waals surface area contributed by atoms with Gasteiger partial charge in [-0.05, 0) is 43.7 Å². The first-order chi connectivity index (χ1) is 12.8. The standard InChI is InChI=1S/C19H26N2O5S/c1-14-5-4-10-20(13-14)18(22)15-8-11-21(12-9-15)27(25,26)17-7-3-2-6-16(17)19(23)24/h2-3,6-7,14-15H,4-5,8-13H2,1H3,(H,23,24). The van der Waals surface area contributed by atoms with Gasteiger partial charge in [0.05, 0.1) is 10.5 Å². The van der Waals surface area contributed by atoms with Crippen molar-refractivity contribution in [1.29, 1.82) is 0 Å². The summed E-state index contributed by atoms with van der Waals surface area (Å²) in [6, 6.07) is 5.65. The van der Waals surface area contributed by atoms with Crippen LogP contribution in [0.25, 0.3) is 0 Å². The lowest BCUT2D eigenvalue weighted by Gasteiger charge is -2.36. The van der Waals surface area contributed by atoms with Gasteiger partial charge in [0, 0.05) is 32.1 Å². The number of hydrogen-bond donors (Lipinski definition) is 1. The van der Waals surface area contributed by atoms with E-state index in [0.717, 1.165) is 25.9 Å². The van der Waals surface area contributed by atoms with E-state index in [2.05, 4.69) is 6.92 Å². The molecule has 8 heteroatoms. The summed E-state index contributed by atoms with van der Waals surface area (Å²) < 4.78 is 27.1. The molecule has 1 aromatic carbocycles. The van der Waals surface area contributed by atoms with Crippen LogP contribution in [0.4, 0.5) is 0 Å². The van der Waals surface area contributed by atoms with E-state index in [0.29, 0.717) is 18.8 Å². The molecule has 2 heterocycles. The molecule has 0 bridgehead atoms. The predicted molar refractivity (Wildman–Crippen MR) is 99.9 cm³/mol. The summed E-state index contributed by atoms with van der Waals surface area (Å²) in [6.07, 6.45) is 3.10. The number of piperidine rings is 2. The molecule has 0 saturated carbocycles. The second-order valence-electron chi connectivity index (χ2n) is 7.51. The number of amides is 1. The lowest BCUT2D eigenvalue weighted by molar-refractivity contribution is -0.138. The normalized spacial score (nSPS) is 22.6. The van der Waals surface area contributed by atoms with Crippen molar-refractivity contribution in [3.05, 3.63) is 29.8 Å². The molecule has 0 aromatic heterocycles. The van der Waals surface area contributed by atoms with Gasteiger partial charge in [0.25, 0.3) is 0 Å². The van der Waals surface area contributed by atoms with Gasteiger partial charge in [-0.3, -0.25) is 4.79 Å². The molecular formula is C19H26N2O5S. The van der Waals surface area contributed by atoms with Gasteiger partial charge < -0.3 is 10.0 Å². The Hall–Kier alpha value is -1.93. The minimum Gasteiger partial charge on any atom is -0.478 e. The topological polar surface area (TPSA) is 95.0 Å². The summed E-state index contributed by atoms with van der Waals surface area (Å²) in [7, 11) is -3.89. The number of carbonyl (C=O) groups is 2. The zero-order chi connectivity index (χ0) is 19.6. The van der Waals surface area contributed by atoms with Crippen molar-refractivity contribution >= 4 is 21.9 Å². The third kappa shape index (κ3) is 4.16. The Morgan fingerprint density at radius 3 is 2.37 bits per heavy atom. The molecule has 1 amide bonds. The number of nitrogens with zero attached hydrogens (tertiary/aromatic N) is 2. The Balaban J connectivity index is 1.68. The van der Waals surface area contributed by atoms with E-state index in [-0.39, 0.29) is 35.4 Å². The third-order valence-corrected chi connectivity index (χ3v) is 7.46. The molecule has 1 atom stereocenters. The molecule has 148 valence electrons. The van der Waals surface area contributed by atoms with Gasteiger partial charge in [-0.1, -0.05) is 19.1 Å². The number of carbonyl (C=O) groups excluding carboxylic acids is 1. The van der Waals surface area contributed by atoms with E-state index < -0.39 is 16.0 Å². The van der Waals surface area contributed by atoms with Crippen molar-refractivity contribution in [2.24, 2.45) is 11.8 Å². The van der Waals surface area contributed by atoms with Crippen LogP contribution in [0.15, 0.2) is 29.2 Å². The molecular weight excluding hydrogens is 368 g/mol. The lowest BCUT2D eigenvalue weighted by Crippen LogP contribution is -2.47. The molecule has 0 aliphatic carbocycles. The number of carboxylic acid groups (broad SMARTS) is 1. The largest absolute Gasteiger partial charge is 0.478 e. The van der Waals surface area contributed by atoms with Crippen LogP contribution in [0.1, 0.15) is 43.0 Å². The first-order valence-corrected chi connectivity index (χ1v) is 10.9. The average Bonchev–Trinajstić information content (AvgIpc) is 2.67. The molecule has 0 spiro atoms. The Labute approximate surface area is 160 Å². The maximum atomic E-state index is 12.9. The Morgan fingerprint density at radius 2 is 1.74 bits per heavy atom. The average molecular weight is 394 g/mol. The van der Waals surface area contributed by atoms with E-state index in [4.69, 9.17) is 0 Å². The lowest BCUT2D eigenvalue weighted by atomic mass is 9.93. The first-order valence-electron chi connectivity index (χ1n) is 9.42. The highest BCUT2D eigenvalue weighted by molar-refractivity contribution is 7.89. The van der Waals surface area contributed by atoms with Crippen molar-refractivity contribution in [2.45, 2.75) is 37.5 Å². The van der Waals surface area contributed by atoms with Crippen LogP contribution in [0, 0.1) is 11.8 Å². The fourth-order valence-electron chi connectivity index (χ4n) is 4.00. The molecule has 7 nitrogen and oxygen atoms in total. The molecule has 27 heavy (non-hydrogen) atoms. The van der Waals surface area contributed by atoms with Gasteiger partial charge in [0.2, 0.25) is 15.9 Å². The summed E-state index contributed by atoms with van der Waals surface area (Å²) in [4.78, 5) is 25.8. The number of hydrogen-bond acceptors (Lipinski definition) is 4. The second kappa shape index (κ2) is 7.98. The highest BCUT2D eigenvalue weighted by Crippen LogP contribution is 2.28. The van der Waals surface area contributed by atoms with Gasteiger partial charge >= 0.3 is 5.97 Å². The molecule has 2 aliphatic heterocycles. The van der Waals surface area contributed by atoms with Crippen LogP contribution < -0.4 is 0 Å². The highest BCUT2D eigenvalue weighted by Gasteiger charge is 2.36. The minimum absolute atomic E-state index is 0.129. The van der Waals surface area contributed by atoms with Gasteiger partial charge in [0.1, 0.15) is 0 Å². The van der Waals surface area contributed by atoms with Gasteiger partial charge in [-0.2, -0.15) is 4.31 Å². The number of rotatable bonds is 4. The Kier molecular flexibility index (Phi) is 5.86. The number of carboxylic acids is 1. The Morgan fingerprint density at radius 1 is 1.07 bits per heavy atom. The maximum Gasteiger partial charge on any atom is 0.337 e.